The highest BCUT2D eigenvalue weighted by Crippen LogP contribution is 2.19. The number of aryl methyl sites for hydroxylation is 1. The van der Waals surface area contributed by atoms with Gasteiger partial charge in [0.05, 0.1) is 17.6 Å². The summed E-state index contributed by atoms with van der Waals surface area (Å²) in [5.74, 6) is 1.06. The molecule has 2 N–H and O–H groups in total. The third-order valence-corrected chi connectivity index (χ3v) is 4.81. The molecule has 0 saturated carbocycles. The summed E-state index contributed by atoms with van der Waals surface area (Å²) >= 11 is 0. The second-order valence-electron chi connectivity index (χ2n) is 7.16. The quantitative estimate of drug-likeness (QED) is 0.543. The van der Waals surface area contributed by atoms with Crippen LogP contribution in [0.3, 0.4) is 0 Å². The molecule has 0 aliphatic carbocycles. The van der Waals surface area contributed by atoms with Gasteiger partial charge in [-0.1, -0.05) is 32.0 Å². The fraction of sp³-hybridized carbons (Fsp3) is 0.474. The molecule has 9 heteroatoms. The van der Waals surface area contributed by atoms with Gasteiger partial charge in [-0.05, 0) is 17.5 Å². The summed E-state index contributed by atoms with van der Waals surface area (Å²) in [6.07, 6.45) is 3.18. The zero-order valence-electron chi connectivity index (χ0n) is 17.4. The molecule has 0 bridgehead atoms. The van der Waals surface area contributed by atoms with E-state index >= 15 is 0 Å². The standard InChI is InChI=1S/C19H30N6O2S/c1-14(2)18-16(13-25(5)22-18)12-24(4)19(20-3)21-11-15-9-7-8-10-17(15)23-28(6,26)27/h7-10,13-14,23H,11-12H2,1-6H3,(H,20,21). The Labute approximate surface area is 167 Å². The Morgan fingerprint density at radius 1 is 1.29 bits per heavy atom. The third kappa shape index (κ3) is 5.98. The molecular weight excluding hydrogens is 376 g/mol. The zero-order chi connectivity index (χ0) is 20.9. The van der Waals surface area contributed by atoms with Gasteiger partial charge >= 0.3 is 0 Å². The SMILES string of the molecule is CN=C(NCc1ccccc1NS(C)(=O)=O)N(C)Cc1cn(C)nc1C(C)C. The molecule has 0 spiro atoms. The van der Waals surface area contributed by atoms with Gasteiger partial charge in [-0.2, -0.15) is 5.10 Å². The molecule has 0 radical (unpaired) electrons. The molecular formula is C19H30N6O2S. The molecule has 1 aromatic heterocycles. The molecule has 0 aliphatic rings. The van der Waals surface area contributed by atoms with E-state index in [0.29, 0.717) is 30.7 Å². The topological polar surface area (TPSA) is 91.6 Å². The lowest BCUT2D eigenvalue weighted by Crippen LogP contribution is -2.38. The normalized spacial score (nSPS) is 12.3. The Morgan fingerprint density at radius 3 is 2.57 bits per heavy atom. The number of aromatic nitrogens is 2. The van der Waals surface area contributed by atoms with E-state index in [1.807, 2.05) is 42.0 Å². The van der Waals surface area contributed by atoms with Crippen LogP contribution in [0.5, 0.6) is 0 Å². The van der Waals surface area contributed by atoms with E-state index < -0.39 is 10.0 Å². The fourth-order valence-corrected chi connectivity index (χ4v) is 3.62. The van der Waals surface area contributed by atoms with Crippen LogP contribution >= 0.6 is 0 Å². The van der Waals surface area contributed by atoms with Crippen LogP contribution in [-0.4, -0.2) is 49.4 Å². The first kappa shape index (κ1) is 21.7. The van der Waals surface area contributed by atoms with Gasteiger partial charge in [-0.25, -0.2) is 8.42 Å². The van der Waals surface area contributed by atoms with E-state index in [0.717, 1.165) is 23.1 Å². The van der Waals surface area contributed by atoms with E-state index in [4.69, 9.17) is 0 Å². The first-order valence-electron chi connectivity index (χ1n) is 9.10. The maximum atomic E-state index is 11.6. The van der Waals surface area contributed by atoms with Crippen molar-refractivity contribution in [2.45, 2.75) is 32.9 Å². The number of benzene rings is 1. The molecule has 8 nitrogen and oxygen atoms in total. The molecule has 0 atom stereocenters. The number of para-hydroxylation sites is 1. The minimum absolute atomic E-state index is 0.341. The summed E-state index contributed by atoms with van der Waals surface area (Å²) in [6, 6.07) is 7.30. The first-order chi connectivity index (χ1) is 13.1. The van der Waals surface area contributed by atoms with E-state index in [2.05, 4.69) is 34.0 Å². The molecule has 2 aromatic rings. The summed E-state index contributed by atoms with van der Waals surface area (Å²) in [5.41, 5.74) is 3.63. The van der Waals surface area contributed by atoms with Gasteiger partial charge in [0.25, 0.3) is 0 Å². The molecule has 0 saturated heterocycles. The van der Waals surface area contributed by atoms with Crippen LogP contribution in [0, 0.1) is 0 Å². The van der Waals surface area contributed by atoms with Crippen molar-refractivity contribution in [3.63, 3.8) is 0 Å². The van der Waals surface area contributed by atoms with Crippen molar-refractivity contribution < 1.29 is 8.42 Å². The highest BCUT2D eigenvalue weighted by atomic mass is 32.2. The van der Waals surface area contributed by atoms with Crippen molar-refractivity contribution in [3.05, 3.63) is 47.3 Å². The van der Waals surface area contributed by atoms with Crippen LogP contribution in [-0.2, 0) is 30.2 Å². The number of guanidine groups is 1. The molecule has 0 amide bonds. The maximum absolute atomic E-state index is 11.6. The summed E-state index contributed by atoms with van der Waals surface area (Å²) in [7, 11) is 2.28. The first-order valence-corrected chi connectivity index (χ1v) is 11.0. The molecule has 0 unspecified atom stereocenters. The second-order valence-corrected chi connectivity index (χ2v) is 8.90. The van der Waals surface area contributed by atoms with Crippen molar-refractivity contribution >= 4 is 21.7 Å². The molecule has 28 heavy (non-hydrogen) atoms. The van der Waals surface area contributed by atoms with Gasteiger partial charge in [0.1, 0.15) is 0 Å². The second kappa shape index (κ2) is 9.09. The van der Waals surface area contributed by atoms with Crippen molar-refractivity contribution in [1.29, 1.82) is 0 Å². The average Bonchev–Trinajstić information content (AvgIpc) is 2.96. The minimum Gasteiger partial charge on any atom is -0.352 e. The smallest absolute Gasteiger partial charge is 0.229 e. The predicted molar refractivity (Wildman–Crippen MR) is 114 cm³/mol. The lowest BCUT2D eigenvalue weighted by Gasteiger charge is -2.23. The van der Waals surface area contributed by atoms with Crippen LogP contribution in [0.1, 0.15) is 36.6 Å². The monoisotopic (exact) mass is 406 g/mol. The van der Waals surface area contributed by atoms with Crippen molar-refractivity contribution in [2.24, 2.45) is 12.0 Å². The predicted octanol–water partition coefficient (Wildman–Crippen LogP) is 2.12. The molecule has 154 valence electrons. The highest BCUT2D eigenvalue weighted by molar-refractivity contribution is 7.92. The van der Waals surface area contributed by atoms with Gasteiger partial charge in [0.15, 0.2) is 5.96 Å². The third-order valence-electron chi connectivity index (χ3n) is 4.21. The number of nitrogens with one attached hydrogen (secondary N) is 2. The molecule has 1 heterocycles. The van der Waals surface area contributed by atoms with Gasteiger partial charge in [-0.15, -0.1) is 0 Å². The number of rotatable bonds is 7. The zero-order valence-corrected chi connectivity index (χ0v) is 18.2. The Kier molecular flexibility index (Phi) is 7.06. The fourth-order valence-electron chi connectivity index (χ4n) is 3.03. The number of hydrogen-bond donors (Lipinski definition) is 2. The van der Waals surface area contributed by atoms with Crippen molar-refractivity contribution in [2.75, 3.05) is 25.1 Å². The lowest BCUT2D eigenvalue weighted by molar-refractivity contribution is 0.473. The Hall–Kier alpha value is -2.55. The Morgan fingerprint density at radius 2 is 1.96 bits per heavy atom. The van der Waals surface area contributed by atoms with Crippen LogP contribution < -0.4 is 10.0 Å². The largest absolute Gasteiger partial charge is 0.352 e. The van der Waals surface area contributed by atoms with Crippen LogP contribution in [0.2, 0.25) is 0 Å². The van der Waals surface area contributed by atoms with Gasteiger partial charge in [-0.3, -0.25) is 14.4 Å². The van der Waals surface area contributed by atoms with Crippen molar-refractivity contribution in [3.8, 4) is 0 Å². The van der Waals surface area contributed by atoms with Gasteiger partial charge in [0, 0.05) is 46.0 Å². The summed E-state index contributed by atoms with van der Waals surface area (Å²) in [6.45, 7) is 5.37. The Balaban J connectivity index is 2.10. The van der Waals surface area contributed by atoms with Gasteiger partial charge in [0.2, 0.25) is 10.0 Å². The number of hydrogen-bond acceptors (Lipinski definition) is 4. The average molecular weight is 407 g/mol. The number of aliphatic imine (C=N–C) groups is 1. The maximum Gasteiger partial charge on any atom is 0.229 e. The highest BCUT2D eigenvalue weighted by Gasteiger charge is 2.15. The number of sulfonamides is 1. The van der Waals surface area contributed by atoms with Crippen molar-refractivity contribution in [1.82, 2.24) is 20.0 Å². The van der Waals surface area contributed by atoms with E-state index in [1.165, 1.54) is 0 Å². The minimum atomic E-state index is -3.34. The number of nitrogens with zero attached hydrogens (tertiary/aromatic N) is 4. The van der Waals surface area contributed by atoms with Gasteiger partial charge < -0.3 is 10.2 Å². The molecule has 1 aromatic carbocycles. The number of anilines is 1. The van der Waals surface area contributed by atoms with Crippen LogP contribution in [0.25, 0.3) is 0 Å². The van der Waals surface area contributed by atoms with Crippen LogP contribution in [0.4, 0.5) is 5.69 Å². The Bertz CT molecular complexity index is 934. The lowest BCUT2D eigenvalue weighted by atomic mass is 10.1. The van der Waals surface area contributed by atoms with E-state index in [-0.39, 0.29) is 0 Å². The van der Waals surface area contributed by atoms with E-state index in [9.17, 15) is 8.42 Å². The van der Waals surface area contributed by atoms with E-state index in [1.54, 1.807) is 19.2 Å². The molecule has 2 rings (SSSR count). The summed E-state index contributed by atoms with van der Waals surface area (Å²) < 4.78 is 27.5. The summed E-state index contributed by atoms with van der Waals surface area (Å²) in [5, 5.41) is 7.85. The molecule has 0 fully saturated rings. The molecule has 0 aliphatic heterocycles. The summed E-state index contributed by atoms with van der Waals surface area (Å²) in [4.78, 5) is 6.37. The van der Waals surface area contributed by atoms with Crippen LogP contribution in [0.15, 0.2) is 35.5 Å².